The Hall–Kier alpha value is -6.00. The average molecular weight is 716 g/mol. The molecule has 0 radical (unpaired) electrons. The van der Waals surface area contributed by atoms with E-state index in [0.717, 1.165) is 29.1 Å². The number of amides is 3. The van der Waals surface area contributed by atoms with E-state index in [9.17, 15) is 14.4 Å². The Bertz CT molecular complexity index is 1970. The minimum Gasteiger partial charge on any atom is -0.494 e. The van der Waals surface area contributed by atoms with Crippen LogP contribution in [-0.4, -0.2) is 38.5 Å². The van der Waals surface area contributed by atoms with Crippen LogP contribution in [0.3, 0.4) is 0 Å². The van der Waals surface area contributed by atoms with Gasteiger partial charge in [-0.25, -0.2) is 0 Å². The lowest BCUT2D eigenvalue weighted by Gasteiger charge is -2.18. The van der Waals surface area contributed by atoms with Crippen molar-refractivity contribution in [1.29, 1.82) is 0 Å². The lowest BCUT2D eigenvalue weighted by molar-refractivity contribution is -0.116. The van der Waals surface area contributed by atoms with Crippen LogP contribution in [0.2, 0.25) is 0 Å². The number of hydrogen-bond acceptors (Lipinski definition) is 7. The lowest BCUT2D eigenvalue weighted by Crippen LogP contribution is -2.30. The van der Waals surface area contributed by atoms with Crippen LogP contribution in [0.5, 0.6) is 17.2 Å². The predicted octanol–water partition coefficient (Wildman–Crippen LogP) is 8.76. The van der Waals surface area contributed by atoms with Gasteiger partial charge in [0, 0.05) is 27.4 Å². The van der Waals surface area contributed by atoms with Gasteiger partial charge in [-0.05, 0) is 84.8 Å². The van der Waals surface area contributed by atoms with Gasteiger partial charge >= 0.3 is 0 Å². The van der Waals surface area contributed by atoms with Gasteiger partial charge in [-0.2, -0.15) is 0 Å². The summed E-state index contributed by atoms with van der Waals surface area (Å²) in [6.07, 6.45) is 3.57. The number of anilines is 2. The molecule has 1 atom stereocenters. The van der Waals surface area contributed by atoms with Gasteiger partial charge in [-0.15, -0.1) is 11.8 Å². The topological polar surface area (TPSA) is 115 Å². The highest BCUT2D eigenvalue weighted by molar-refractivity contribution is 8.00. The zero-order chi connectivity index (χ0) is 36.7. The SMILES string of the molecule is CCCCOc1ccc(NC(=O)C(Sc2ccc(NC(=O)/C(=C/c3cccc(OC)c3OC)NC(=O)c3ccccc3)cc2)c2ccccc2)cc1. The van der Waals surface area contributed by atoms with Gasteiger partial charge in [0.15, 0.2) is 11.5 Å². The normalized spacial score (nSPS) is 11.6. The van der Waals surface area contributed by atoms with Crippen molar-refractivity contribution in [3.8, 4) is 17.2 Å². The molecular weight excluding hydrogens is 675 g/mol. The first kappa shape index (κ1) is 37.3. The zero-order valence-electron chi connectivity index (χ0n) is 29.3. The number of rotatable bonds is 16. The molecule has 0 saturated heterocycles. The second-order valence-electron chi connectivity index (χ2n) is 11.6. The first-order valence-electron chi connectivity index (χ1n) is 16.8. The van der Waals surface area contributed by atoms with Crippen molar-refractivity contribution in [2.24, 2.45) is 0 Å². The summed E-state index contributed by atoms with van der Waals surface area (Å²) in [7, 11) is 3.03. The van der Waals surface area contributed by atoms with E-state index in [1.807, 2.05) is 66.7 Å². The molecule has 1 unspecified atom stereocenters. The van der Waals surface area contributed by atoms with Gasteiger partial charge in [-0.3, -0.25) is 14.4 Å². The second kappa shape index (κ2) is 18.8. The number of thioether (sulfide) groups is 1. The maximum absolute atomic E-state index is 13.7. The van der Waals surface area contributed by atoms with E-state index < -0.39 is 17.1 Å². The Morgan fingerprint density at radius 3 is 2.04 bits per heavy atom. The van der Waals surface area contributed by atoms with Crippen molar-refractivity contribution in [3.63, 3.8) is 0 Å². The van der Waals surface area contributed by atoms with Crippen LogP contribution >= 0.6 is 11.8 Å². The monoisotopic (exact) mass is 715 g/mol. The van der Waals surface area contributed by atoms with Crippen molar-refractivity contribution >= 4 is 46.9 Å². The first-order chi connectivity index (χ1) is 25.4. The van der Waals surface area contributed by atoms with Gasteiger partial charge in [0.25, 0.3) is 11.8 Å². The van der Waals surface area contributed by atoms with E-state index in [1.165, 1.54) is 32.1 Å². The maximum Gasteiger partial charge on any atom is 0.272 e. The van der Waals surface area contributed by atoms with Crippen molar-refractivity contribution in [3.05, 3.63) is 150 Å². The molecular formula is C42H41N3O6S. The van der Waals surface area contributed by atoms with Gasteiger partial charge in [-0.1, -0.05) is 74.0 Å². The molecule has 9 nitrogen and oxygen atoms in total. The number of nitrogens with one attached hydrogen (secondary N) is 3. The molecule has 5 aromatic carbocycles. The minimum atomic E-state index is -0.553. The van der Waals surface area contributed by atoms with Crippen molar-refractivity contribution < 1.29 is 28.6 Å². The number of carbonyl (C=O) groups is 3. The summed E-state index contributed by atoms with van der Waals surface area (Å²) >= 11 is 1.39. The summed E-state index contributed by atoms with van der Waals surface area (Å²) in [4.78, 5) is 41.3. The molecule has 0 aliphatic heterocycles. The first-order valence-corrected chi connectivity index (χ1v) is 17.7. The maximum atomic E-state index is 13.7. The average Bonchev–Trinajstić information content (AvgIpc) is 3.18. The van der Waals surface area contributed by atoms with Gasteiger partial charge in [0.1, 0.15) is 16.7 Å². The van der Waals surface area contributed by atoms with Crippen LogP contribution in [0, 0.1) is 0 Å². The summed E-state index contributed by atoms with van der Waals surface area (Å²) in [6, 6.07) is 38.0. The Labute approximate surface area is 308 Å². The van der Waals surface area contributed by atoms with Crippen LogP contribution in [0.15, 0.2) is 138 Å². The number of unbranched alkanes of at least 4 members (excludes halogenated alkanes) is 1. The molecule has 10 heteroatoms. The Kier molecular flexibility index (Phi) is 13.5. The highest BCUT2D eigenvalue weighted by atomic mass is 32.2. The number of ether oxygens (including phenoxy) is 3. The molecule has 0 aliphatic carbocycles. The molecule has 0 heterocycles. The van der Waals surface area contributed by atoms with Gasteiger partial charge in [0.05, 0.1) is 20.8 Å². The second-order valence-corrected chi connectivity index (χ2v) is 12.7. The number of carbonyl (C=O) groups excluding carboxylic acids is 3. The molecule has 52 heavy (non-hydrogen) atoms. The molecule has 266 valence electrons. The number of benzene rings is 5. The van der Waals surface area contributed by atoms with Gasteiger partial charge < -0.3 is 30.2 Å². The molecule has 0 saturated carbocycles. The quantitative estimate of drug-likeness (QED) is 0.0532. The van der Waals surface area contributed by atoms with Crippen LogP contribution in [0.4, 0.5) is 11.4 Å². The highest BCUT2D eigenvalue weighted by Crippen LogP contribution is 2.37. The third-order valence-corrected chi connectivity index (χ3v) is 9.12. The molecule has 0 spiro atoms. The molecule has 0 fully saturated rings. The number of methoxy groups -OCH3 is 2. The summed E-state index contributed by atoms with van der Waals surface area (Å²) < 4.78 is 16.7. The van der Waals surface area contributed by atoms with Crippen LogP contribution < -0.4 is 30.2 Å². The standard InChI is InChI=1S/C42H41N3O6S/c1-4-5-27-51-34-23-19-32(20-24-34)44-42(48)39(29-13-8-6-9-14-29)52-35-25-21-33(22-26-35)43-41(47)36(45-40(46)30-15-10-7-11-16-30)28-31-17-12-18-37(49-2)38(31)50-3/h6-26,28,39H,4-5,27H2,1-3H3,(H,43,47)(H,44,48)(H,45,46)/b36-28-. The fraction of sp³-hybridized carbons (Fsp3) is 0.167. The predicted molar refractivity (Wildman–Crippen MR) is 207 cm³/mol. The summed E-state index contributed by atoms with van der Waals surface area (Å²) in [6.45, 7) is 2.77. The molecule has 5 aromatic rings. The molecule has 0 aliphatic rings. The fourth-order valence-electron chi connectivity index (χ4n) is 5.15. The van der Waals surface area contributed by atoms with Crippen LogP contribution in [-0.2, 0) is 9.59 Å². The molecule has 0 aromatic heterocycles. The smallest absolute Gasteiger partial charge is 0.272 e. The van der Waals surface area contributed by atoms with E-state index in [1.54, 1.807) is 60.7 Å². The third-order valence-electron chi connectivity index (χ3n) is 7.86. The minimum absolute atomic E-state index is 0.000208. The Morgan fingerprint density at radius 2 is 1.38 bits per heavy atom. The molecule has 3 amide bonds. The zero-order valence-corrected chi connectivity index (χ0v) is 30.1. The molecule has 5 rings (SSSR count). The highest BCUT2D eigenvalue weighted by Gasteiger charge is 2.23. The molecule has 3 N–H and O–H groups in total. The van der Waals surface area contributed by atoms with Crippen molar-refractivity contribution in [2.45, 2.75) is 29.9 Å². The summed E-state index contributed by atoms with van der Waals surface area (Å²) in [5.41, 5.74) is 2.94. The Morgan fingerprint density at radius 1 is 0.731 bits per heavy atom. The van der Waals surface area contributed by atoms with E-state index in [4.69, 9.17) is 14.2 Å². The van der Waals surface area contributed by atoms with E-state index in [2.05, 4.69) is 22.9 Å². The van der Waals surface area contributed by atoms with Crippen molar-refractivity contribution in [1.82, 2.24) is 5.32 Å². The van der Waals surface area contributed by atoms with Crippen LogP contribution in [0.25, 0.3) is 6.08 Å². The van der Waals surface area contributed by atoms with Crippen LogP contribution in [0.1, 0.15) is 46.5 Å². The summed E-state index contributed by atoms with van der Waals surface area (Å²) in [5, 5.41) is 8.12. The number of para-hydroxylation sites is 1. The summed E-state index contributed by atoms with van der Waals surface area (Å²) in [5.74, 6) is 0.483. The largest absolute Gasteiger partial charge is 0.494 e. The number of hydrogen-bond donors (Lipinski definition) is 3. The lowest BCUT2D eigenvalue weighted by atomic mass is 10.1. The fourth-order valence-corrected chi connectivity index (χ4v) is 6.18. The Balaban J connectivity index is 1.32. The van der Waals surface area contributed by atoms with Gasteiger partial charge in [0.2, 0.25) is 5.91 Å². The van der Waals surface area contributed by atoms with E-state index in [0.29, 0.717) is 40.6 Å². The molecule has 0 bridgehead atoms. The van der Waals surface area contributed by atoms with E-state index >= 15 is 0 Å². The van der Waals surface area contributed by atoms with Crippen molar-refractivity contribution in [2.75, 3.05) is 31.5 Å². The van der Waals surface area contributed by atoms with E-state index in [-0.39, 0.29) is 11.6 Å². The third kappa shape index (κ3) is 10.3.